The molecule has 0 heterocycles. The van der Waals surface area contributed by atoms with Gasteiger partial charge in [-0.05, 0) is 38.0 Å². The van der Waals surface area contributed by atoms with E-state index in [9.17, 15) is 9.90 Å². The molecule has 0 amide bonds. The van der Waals surface area contributed by atoms with Gasteiger partial charge in [-0.3, -0.25) is 4.79 Å². The minimum absolute atomic E-state index is 0.177. The van der Waals surface area contributed by atoms with Crippen molar-refractivity contribution in [2.24, 2.45) is 0 Å². The van der Waals surface area contributed by atoms with Crippen LogP contribution in [0.15, 0.2) is 16.9 Å². The van der Waals surface area contributed by atoms with E-state index in [4.69, 9.17) is 0 Å². The van der Waals surface area contributed by atoms with Crippen LogP contribution in [0, 0.1) is 20.8 Å². The zero-order chi connectivity index (χ0) is 9.30. The molecular formula is C10H12O2. The van der Waals surface area contributed by atoms with Gasteiger partial charge in [0.2, 0.25) is 5.43 Å². The van der Waals surface area contributed by atoms with Gasteiger partial charge < -0.3 is 5.11 Å². The van der Waals surface area contributed by atoms with E-state index in [2.05, 4.69) is 0 Å². The van der Waals surface area contributed by atoms with Crippen molar-refractivity contribution in [3.05, 3.63) is 39.0 Å². The third kappa shape index (κ3) is 1.33. The van der Waals surface area contributed by atoms with Gasteiger partial charge in [-0.15, -0.1) is 0 Å². The predicted octanol–water partition coefficient (Wildman–Crippen LogP) is 1.68. The number of hydrogen-bond acceptors (Lipinski definition) is 2. The highest BCUT2D eigenvalue weighted by molar-refractivity contribution is 5.36. The van der Waals surface area contributed by atoms with E-state index in [1.165, 1.54) is 6.07 Å². The topological polar surface area (TPSA) is 37.3 Å². The summed E-state index contributed by atoms with van der Waals surface area (Å²) in [6.07, 6.45) is 0. The molecule has 64 valence electrons. The van der Waals surface area contributed by atoms with Crippen LogP contribution in [0.2, 0.25) is 0 Å². The number of rotatable bonds is 0. The smallest absolute Gasteiger partial charge is 0.223 e. The standard InChI is InChI=1S/C10H12O2/c1-6-4-5-9(11)10(12)8(3)7(6)2/h4-5H,1-3H3,(H,11,12). The van der Waals surface area contributed by atoms with Crippen LogP contribution in [0.5, 0.6) is 5.75 Å². The number of aromatic hydroxyl groups is 1. The van der Waals surface area contributed by atoms with Gasteiger partial charge in [0.1, 0.15) is 0 Å². The van der Waals surface area contributed by atoms with Crippen LogP contribution in [-0.4, -0.2) is 5.11 Å². The molecule has 1 rings (SSSR count). The molecular weight excluding hydrogens is 152 g/mol. The van der Waals surface area contributed by atoms with E-state index in [-0.39, 0.29) is 11.2 Å². The lowest BCUT2D eigenvalue weighted by atomic mass is 10.1. The fraction of sp³-hybridized carbons (Fsp3) is 0.300. The van der Waals surface area contributed by atoms with E-state index >= 15 is 0 Å². The van der Waals surface area contributed by atoms with Crippen molar-refractivity contribution in [1.29, 1.82) is 0 Å². The van der Waals surface area contributed by atoms with Crippen LogP contribution < -0.4 is 5.43 Å². The molecule has 0 saturated heterocycles. The Kier molecular flexibility index (Phi) is 2.18. The van der Waals surface area contributed by atoms with Crippen LogP contribution >= 0.6 is 0 Å². The van der Waals surface area contributed by atoms with Crippen molar-refractivity contribution in [2.75, 3.05) is 0 Å². The molecule has 0 fully saturated rings. The SMILES string of the molecule is Cc1ccc(O)c(=O)c(C)c1C. The first kappa shape index (κ1) is 8.78. The summed E-state index contributed by atoms with van der Waals surface area (Å²) in [4.78, 5) is 11.3. The Labute approximate surface area is 71.5 Å². The molecule has 0 unspecified atom stereocenters. The average Bonchev–Trinajstić information content (AvgIpc) is 2.14. The fourth-order valence-corrected chi connectivity index (χ4v) is 1.06. The Morgan fingerprint density at radius 2 is 1.67 bits per heavy atom. The van der Waals surface area contributed by atoms with Crippen LogP contribution in [-0.2, 0) is 0 Å². The lowest BCUT2D eigenvalue weighted by molar-refractivity contribution is 0.470. The van der Waals surface area contributed by atoms with Crippen LogP contribution in [0.4, 0.5) is 0 Å². The Bertz CT molecular complexity index is 367. The molecule has 2 heteroatoms. The summed E-state index contributed by atoms with van der Waals surface area (Å²) in [6.45, 7) is 5.52. The predicted molar refractivity (Wildman–Crippen MR) is 48.6 cm³/mol. The lowest BCUT2D eigenvalue weighted by Crippen LogP contribution is -2.02. The molecule has 0 aliphatic rings. The van der Waals surface area contributed by atoms with Gasteiger partial charge in [0.05, 0.1) is 0 Å². The fourth-order valence-electron chi connectivity index (χ4n) is 1.06. The van der Waals surface area contributed by atoms with Gasteiger partial charge in [-0.1, -0.05) is 6.07 Å². The van der Waals surface area contributed by atoms with Gasteiger partial charge >= 0.3 is 0 Å². The van der Waals surface area contributed by atoms with Crippen molar-refractivity contribution in [3.8, 4) is 5.75 Å². The molecule has 1 N–H and O–H groups in total. The lowest BCUT2D eigenvalue weighted by Gasteiger charge is -1.94. The summed E-state index contributed by atoms with van der Waals surface area (Å²) >= 11 is 0. The van der Waals surface area contributed by atoms with Crippen molar-refractivity contribution in [2.45, 2.75) is 20.8 Å². The molecule has 0 saturated carbocycles. The molecule has 0 atom stereocenters. The minimum Gasteiger partial charge on any atom is -0.504 e. The zero-order valence-electron chi connectivity index (χ0n) is 7.51. The second-order valence-corrected chi connectivity index (χ2v) is 2.98. The molecule has 2 nitrogen and oxygen atoms in total. The Morgan fingerprint density at radius 1 is 1.08 bits per heavy atom. The molecule has 12 heavy (non-hydrogen) atoms. The second-order valence-electron chi connectivity index (χ2n) is 2.98. The van der Waals surface area contributed by atoms with Gasteiger partial charge in [-0.2, -0.15) is 0 Å². The van der Waals surface area contributed by atoms with Crippen molar-refractivity contribution in [3.63, 3.8) is 0 Å². The summed E-state index contributed by atoms with van der Waals surface area (Å²) in [5, 5.41) is 9.20. The van der Waals surface area contributed by atoms with E-state index in [1.54, 1.807) is 13.0 Å². The molecule has 0 aromatic heterocycles. The van der Waals surface area contributed by atoms with Gasteiger partial charge in [-0.25, -0.2) is 0 Å². The third-order valence-corrected chi connectivity index (χ3v) is 2.22. The maximum atomic E-state index is 11.3. The third-order valence-electron chi connectivity index (χ3n) is 2.22. The Morgan fingerprint density at radius 3 is 2.25 bits per heavy atom. The molecule has 0 aliphatic carbocycles. The first-order valence-electron chi connectivity index (χ1n) is 3.84. The summed E-state index contributed by atoms with van der Waals surface area (Å²) in [5.74, 6) is -0.177. The van der Waals surface area contributed by atoms with Crippen molar-refractivity contribution in [1.82, 2.24) is 0 Å². The highest BCUT2D eigenvalue weighted by Gasteiger charge is 2.02. The normalized spacial score (nSPS) is 9.92. The summed E-state index contributed by atoms with van der Waals surface area (Å²) < 4.78 is 0. The van der Waals surface area contributed by atoms with Crippen LogP contribution in [0.3, 0.4) is 0 Å². The zero-order valence-corrected chi connectivity index (χ0v) is 7.51. The largest absolute Gasteiger partial charge is 0.504 e. The monoisotopic (exact) mass is 164 g/mol. The van der Waals surface area contributed by atoms with Gasteiger partial charge in [0.15, 0.2) is 5.75 Å². The first-order valence-corrected chi connectivity index (χ1v) is 3.84. The van der Waals surface area contributed by atoms with E-state index in [1.807, 2.05) is 13.8 Å². The van der Waals surface area contributed by atoms with Crippen molar-refractivity contribution >= 4 is 0 Å². The Balaban J connectivity index is 3.71. The van der Waals surface area contributed by atoms with Gasteiger partial charge in [0, 0.05) is 5.56 Å². The molecule has 0 radical (unpaired) electrons. The van der Waals surface area contributed by atoms with Gasteiger partial charge in [0.25, 0.3) is 0 Å². The number of hydrogen-bond donors (Lipinski definition) is 1. The molecule has 0 bridgehead atoms. The minimum atomic E-state index is -0.277. The summed E-state index contributed by atoms with van der Waals surface area (Å²) in [7, 11) is 0. The maximum Gasteiger partial charge on any atom is 0.223 e. The molecule has 0 spiro atoms. The second kappa shape index (κ2) is 2.97. The quantitative estimate of drug-likeness (QED) is 0.633. The highest BCUT2D eigenvalue weighted by atomic mass is 16.3. The van der Waals surface area contributed by atoms with Crippen LogP contribution in [0.1, 0.15) is 16.7 Å². The van der Waals surface area contributed by atoms with Crippen LogP contribution in [0.25, 0.3) is 0 Å². The summed E-state index contributed by atoms with van der Waals surface area (Å²) in [6, 6.07) is 3.19. The maximum absolute atomic E-state index is 11.3. The molecule has 0 aliphatic heterocycles. The molecule has 1 aromatic rings. The average molecular weight is 164 g/mol. The van der Waals surface area contributed by atoms with E-state index < -0.39 is 0 Å². The summed E-state index contributed by atoms with van der Waals surface area (Å²) in [5.41, 5.74) is 2.31. The molecule has 1 aromatic carbocycles. The van der Waals surface area contributed by atoms with E-state index in [0.29, 0.717) is 5.56 Å². The Hall–Kier alpha value is -1.31. The van der Waals surface area contributed by atoms with Crippen molar-refractivity contribution < 1.29 is 5.11 Å². The number of aryl methyl sites for hydroxylation is 1. The first-order chi connectivity index (χ1) is 5.54. The highest BCUT2D eigenvalue weighted by Crippen LogP contribution is 2.10. The van der Waals surface area contributed by atoms with E-state index in [0.717, 1.165) is 11.1 Å².